The lowest BCUT2D eigenvalue weighted by atomic mass is 9.66. The van der Waals surface area contributed by atoms with Gasteiger partial charge in [0.2, 0.25) is 24.0 Å². The number of halogens is 2. The van der Waals surface area contributed by atoms with E-state index in [1.165, 1.54) is 38.9 Å². The second-order valence-electron chi connectivity index (χ2n) is 11.1. The average molecular weight is 642 g/mol. The topological polar surface area (TPSA) is 136 Å². The van der Waals surface area contributed by atoms with Crippen LogP contribution in [0, 0.1) is 5.92 Å². The standard InChI is InChI=1S/C30H25Cl2N3O9/c1-11-6-14-19(25(36)30(11)26(37)20-15(40-4)9-16(41-5)22(32)24(20)44-30)18(12-7-13(31)23-17(8-12)42-10-43-23)21-27(33-14)34(2)29(39)35(3)28(21)38/h7-9,11,18,33H,6,10H2,1-5H3/t11-,18+,30+/m1/s1. The number of fused-ring (bicyclic) bond motifs is 3. The molecular formula is C30H25Cl2N3O9. The van der Waals surface area contributed by atoms with Crippen molar-refractivity contribution < 1.29 is 33.3 Å². The number of nitrogens with zero attached hydrogens (tertiary/aromatic N) is 2. The van der Waals surface area contributed by atoms with Crippen LogP contribution >= 0.6 is 23.2 Å². The molecule has 44 heavy (non-hydrogen) atoms. The number of rotatable bonds is 3. The summed E-state index contributed by atoms with van der Waals surface area (Å²) in [6.07, 6.45) is 0.148. The third kappa shape index (κ3) is 3.46. The first-order chi connectivity index (χ1) is 21.0. The zero-order valence-corrected chi connectivity index (χ0v) is 25.6. The number of hydrogen-bond acceptors (Lipinski definition) is 10. The zero-order valence-electron chi connectivity index (χ0n) is 24.1. The lowest BCUT2D eigenvalue weighted by Crippen LogP contribution is -2.58. The Morgan fingerprint density at radius 3 is 2.39 bits per heavy atom. The molecule has 0 radical (unpaired) electrons. The van der Waals surface area contributed by atoms with Crippen LogP contribution < -0.4 is 40.3 Å². The molecule has 14 heteroatoms. The molecule has 3 aliphatic heterocycles. The molecule has 3 aromatic rings. The van der Waals surface area contributed by atoms with Gasteiger partial charge in [0.05, 0.1) is 24.8 Å². The maximum atomic E-state index is 15.0. The van der Waals surface area contributed by atoms with Gasteiger partial charge in [-0.25, -0.2) is 4.79 Å². The fourth-order valence-electron chi connectivity index (χ4n) is 6.68. The molecule has 1 aromatic heterocycles. The lowest BCUT2D eigenvalue weighted by molar-refractivity contribution is -0.130. The van der Waals surface area contributed by atoms with Crippen LogP contribution in [0.4, 0.5) is 5.82 Å². The molecule has 4 aliphatic rings. The molecule has 0 bridgehead atoms. The number of ketones is 2. The van der Waals surface area contributed by atoms with Gasteiger partial charge >= 0.3 is 5.69 Å². The molecular weight excluding hydrogens is 617 g/mol. The number of ether oxygens (including phenoxy) is 5. The summed E-state index contributed by atoms with van der Waals surface area (Å²) in [5, 5.41) is 3.40. The van der Waals surface area contributed by atoms with Crippen molar-refractivity contribution >= 4 is 40.6 Å². The van der Waals surface area contributed by atoms with Crippen LogP contribution in [0.15, 0.2) is 39.1 Å². The summed E-state index contributed by atoms with van der Waals surface area (Å²) in [7, 11) is 5.67. The van der Waals surface area contributed by atoms with Gasteiger partial charge in [-0.2, -0.15) is 0 Å². The van der Waals surface area contributed by atoms with Gasteiger partial charge in [0.15, 0.2) is 17.2 Å². The van der Waals surface area contributed by atoms with Crippen LogP contribution in [0.3, 0.4) is 0 Å². The minimum Gasteiger partial charge on any atom is -0.496 e. The third-order valence-electron chi connectivity index (χ3n) is 8.86. The number of Topliss-reactive ketones (excluding diaryl/α,β-unsaturated/α-hetero) is 2. The summed E-state index contributed by atoms with van der Waals surface area (Å²) in [6.45, 7) is 1.66. The number of carbonyl (C=O) groups is 2. The Hall–Kier alpha value is -4.42. The number of nitrogens with one attached hydrogen (secondary N) is 1. The van der Waals surface area contributed by atoms with E-state index in [1.807, 2.05) is 0 Å². The van der Waals surface area contributed by atoms with Crippen LogP contribution in [0.5, 0.6) is 28.7 Å². The average Bonchev–Trinajstić information content (AvgIpc) is 3.61. The molecule has 4 heterocycles. The van der Waals surface area contributed by atoms with Crippen LogP contribution in [-0.4, -0.2) is 47.3 Å². The first kappa shape index (κ1) is 28.4. The second-order valence-corrected chi connectivity index (χ2v) is 11.8. The van der Waals surface area contributed by atoms with Gasteiger partial charge in [-0.15, -0.1) is 0 Å². The van der Waals surface area contributed by atoms with Crippen LogP contribution in [-0.2, 0) is 18.9 Å². The molecule has 3 atom stereocenters. The summed E-state index contributed by atoms with van der Waals surface area (Å²) in [4.78, 5) is 56.1. The van der Waals surface area contributed by atoms with E-state index in [0.717, 1.165) is 4.57 Å². The van der Waals surface area contributed by atoms with Crippen molar-refractivity contribution in [1.29, 1.82) is 0 Å². The summed E-state index contributed by atoms with van der Waals surface area (Å²) in [5.74, 6) is -1.88. The molecule has 1 N–H and O–H groups in total. The lowest BCUT2D eigenvalue weighted by Gasteiger charge is -2.42. The highest BCUT2D eigenvalue weighted by atomic mass is 35.5. The predicted octanol–water partition coefficient (Wildman–Crippen LogP) is 3.57. The number of hydrogen-bond donors (Lipinski definition) is 1. The number of allylic oxidation sites excluding steroid dienone is 1. The smallest absolute Gasteiger partial charge is 0.332 e. The van der Waals surface area contributed by atoms with Gasteiger partial charge in [0.1, 0.15) is 27.9 Å². The fourth-order valence-corrected chi connectivity index (χ4v) is 7.21. The number of carbonyl (C=O) groups excluding carboxylic acids is 2. The molecule has 1 spiro atoms. The first-order valence-corrected chi connectivity index (χ1v) is 14.3. The third-order valence-corrected chi connectivity index (χ3v) is 9.50. The predicted molar refractivity (Wildman–Crippen MR) is 158 cm³/mol. The van der Waals surface area contributed by atoms with Crippen molar-refractivity contribution in [3.05, 3.63) is 77.0 Å². The minimum atomic E-state index is -2.03. The highest BCUT2D eigenvalue weighted by molar-refractivity contribution is 6.36. The molecule has 228 valence electrons. The normalized spacial score (nSPS) is 22.8. The number of benzene rings is 2. The Balaban J connectivity index is 1.49. The number of methoxy groups -OCH3 is 2. The quantitative estimate of drug-likeness (QED) is 0.423. The van der Waals surface area contributed by atoms with Crippen molar-refractivity contribution in [3.8, 4) is 28.7 Å². The molecule has 0 fully saturated rings. The van der Waals surface area contributed by atoms with Crippen molar-refractivity contribution in [2.75, 3.05) is 26.3 Å². The first-order valence-electron chi connectivity index (χ1n) is 13.6. The number of anilines is 1. The van der Waals surface area contributed by atoms with E-state index >= 15 is 0 Å². The Kier molecular flexibility index (Phi) is 6.15. The van der Waals surface area contributed by atoms with E-state index in [-0.39, 0.29) is 63.0 Å². The molecule has 0 saturated carbocycles. The monoisotopic (exact) mass is 641 g/mol. The molecule has 1 aliphatic carbocycles. The van der Waals surface area contributed by atoms with Crippen molar-refractivity contribution in [3.63, 3.8) is 0 Å². The maximum absolute atomic E-state index is 15.0. The van der Waals surface area contributed by atoms with Gasteiger partial charge in [-0.1, -0.05) is 30.1 Å². The van der Waals surface area contributed by atoms with Gasteiger partial charge < -0.3 is 29.0 Å². The molecule has 0 saturated heterocycles. The SMILES string of the molecule is COc1cc(OC)c2c(c1Cl)O[C@@]1(C(=O)C3=C(C[C@H]1C)Nc1c(c(=O)n(C)c(=O)n1C)[C@H]3c1cc(Cl)c3c(c1)OCO3)C2=O. The van der Waals surface area contributed by atoms with Gasteiger partial charge in [-0.05, 0) is 24.1 Å². The van der Waals surface area contributed by atoms with E-state index in [4.69, 9.17) is 46.9 Å². The van der Waals surface area contributed by atoms with E-state index < -0.39 is 40.3 Å². The molecule has 2 aromatic carbocycles. The van der Waals surface area contributed by atoms with Gasteiger partial charge in [0.25, 0.3) is 5.56 Å². The number of aromatic nitrogens is 2. The van der Waals surface area contributed by atoms with Crippen molar-refractivity contribution in [2.45, 2.75) is 24.9 Å². The van der Waals surface area contributed by atoms with Crippen molar-refractivity contribution in [2.24, 2.45) is 20.0 Å². The van der Waals surface area contributed by atoms with Crippen LogP contribution in [0.25, 0.3) is 0 Å². The van der Waals surface area contributed by atoms with E-state index in [2.05, 4.69) is 5.32 Å². The van der Waals surface area contributed by atoms with Gasteiger partial charge in [-0.3, -0.25) is 23.5 Å². The summed E-state index contributed by atoms with van der Waals surface area (Å²) < 4.78 is 30.6. The highest BCUT2D eigenvalue weighted by Gasteiger charge is 2.64. The molecule has 12 nitrogen and oxygen atoms in total. The second kappa shape index (κ2) is 9.54. The largest absolute Gasteiger partial charge is 0.496 e. The Morgan fingerprint density at radius 1 is 0.955 bits per heavy atom. The molecule has 7 rings (SSSR count). The maximum Gasteiger partial charge on any atom is 0.332 e. The summed E-state index contributed by atoms with van der Waals surface area (Å²) >= 11 is 13.2. The Bertz CT molecular complexity index is 2010. The minimum absolute atomic E-state index is 0.0170. The molecule has 0 amide bonds. The fraction of sp³-hybridized carbons (Fsp3) is 0.333. The summed E-state index contributed by atoms with van der Waals surface area (Å²) in [6, 6.07) is 4.68. The van der Waals surface area contributed by atoms with E-state index in [9.17, 15) is 19.2 Å². The highest BCUT2D eigenvalue weighted by Crippen LogP contribution is 2.57. The van der Waals surface area contributed by atoms with E-state index in [0.29, 0.717) is 22.8 Å². The van der Waals surface area contributed by atoms with Crippen molar-refractivity contribution in [1.82, 2.24) is 9.13 Å². The van der Waals surface area contributed by atoms with E-state index in [1.54, 1.807) is 19.1 Å². The van der Waals surface area contributed by atoms with Gasteiger partial charge in [0, 0.05) is 43.3 Å². The van der Waals surface area contributed by atoms with Crippen LogP contribution in [0.1, 0.15) is 40.7 Å². The van der Waals surface area contributed by atoms with Crippen LogP contribution in [0.2, 0.25) is 10.0 Å². The zero-order chi connectivity index (χ0) is 31.4. The summed E-state index contributed by atoms with van der Waals surface area (Å²) in [5.41, 5.74) is -2.11. The molecule has 0 unspecified atom stereocenters. The Labute approximate surface area is 259 Å². The Morgan fingerprint density at radius 2 is 1.68 bits per heavy atom.